The Bertz CT molecular complexity index is 602. The Morgan fingerprint density at radius 3 is 1.68 bits per heavy atom. The molecule has 0 saturated carbocycles. The van der Waals surface area contributed by atoms with E-state index in [1.54, 1.807) is 6.07 Å². The maximum Gasteiger partial charge on any atom is 0.511 e. The van der Waals surface area contributed by atoms with E-state index in [2.05, 4.69) is 18.6 Å². The molecule has 2 N–H and O–H groups in total. The summed E-state index contributed by atoms with van der Waals surface area (Å²) >= 11 is 0. The van der Waals surface area contributed by atoms with E-state index in [0.717, 1.165) is 25.7 Å². The minimum atomic E-state index is -1.48. The number of hydrogen-bond donors (Lipinski definition) is 2. The van der Waals surface area contributed by atoms with Crippen LogP contribution in [0.2, 0.25) is 0 Å². The van der Waals surface area contributed by atoms with Gasteiger partial charge >= 0.3 is 6.16 Å². The molecule has 6 nitrogen and oxygen atoms in total. The third-order valence-electron chi connectivity index (χ3n) is 5.26. The maximum absolute atomic E-state index is 10.9. The second-order valence-electron chi connectivity index (χ2n) is 8.05. The summed E-state index contributed by atoms with van der Waals surface area (Å²) in [5.41, 5.74) is 0. The van der Waals surface area contributed by atoms with Crippen molar-refractivity contribution in [1.29, 1.82) is 0 Å². The standard InChI is InChI=1S/C25H42O6/c1-3-5-7-9-11-13-15-19-29-22-18-17-21(31-25(27)28)23(26)24(22)30-20-16-14-12-10-8-6-4-2/h17-18,26H,3-16,19-20H2,1-2H3,(H,27,28). The van der Waals surface area contributed by atoms with E-state index in [-0.39, 0.29) is 17.2 Å². The number of hydrogen-bond acceptors (Lipinski definition) is 5. The fraction of sp³-hybridized carbons (Fsp3) is 0.720. The topological polar surface area (TPSA) is 85.2 Å². The molecule has 1 rings (SSSR count). The number of phenols is 1. The Labute approximate surface area is 187 Å². The van der Waals surface area contributed by atoms with Gasteiger partial charge in [-0.2, -0.15) is 0 Å². The van der Waals surface area contributed by atoms with Gasteiger partial charge in [0.2, 0.25) is 11.5 Å². The van der Waals surface area contributed by atoms with Crippen molar-refractivity contribution in [2.45, 2.75) is 104 Å². The quantitative estimate of drug-likeness (QED) is 0.131. The second-order valence-corrected chi connectivity index (χ2v) is 8.05. The summed E-state index contributed by atoms with van der Waals surface area (Å²) in [5.74, 6) is 0.101. The van der Waals surface area contributed by atoms with Crippen LogP contribution in [0.5, 0.6) is 23.0 Å². The molecule has 0 amide bonds. The highest BCUT2D eigenvalue weighted by Crippen LogP contribution is 2.43. The average Bonchev–Trinajstić information content (AvgIpc) is 2.75. The molecular formula is C25H42O6. The van der Waals surface area contributed by atoms with E-state index in [0.29, 0.717) is 19.0 Å². The molecule has 0 aliphatic heterocycles. The normalized spacial score (nSPS) is 10.8. The zero-order chi connectivity index (χ0) is 22.7. The molecule has 0 fully saturated rings. The lowest BCUT2D eigenvalue weighted by atomic mass is 10.1. The Hall–Kier alpha value is -2.11. The van der Waals surface area contributed by atoms with Crippen LogP contribution >= 0.6 is 0 Å². The van der Waals surface area contributed by atoms with E-state index in [9.17, 15) is 9.90 Å². The van der Waals surface area contributed by atoms with E-state index in [4.69, 9.17) is 14.6 Å². The molecule has 0 bridgehead atoms. The minimum Gasteiger partial charge on any atom is -0.502 e. The van der Waals surface area contributed by atoms with E-state index in [1.165, 1.54) is 70.3 Å². The smallest absolute Gasteiger partial charge is 0.502 e. The van der Waals surface area contributed by atoms with Crippen molar-refractivity contribution in [3.8, 4) is 23.0 Å². The van der Waals surface area contributed by atoms with Gasteiger partial charge in [-0.25, -0.2) is 4.79 Å². The number of benzene rings is 1. The predicted octanol–water partition coefficient (Wildman–Crippen LogP) is 7.71. The van der Waals surface area contributed by atoms with Gasteiger partial charge in [0.05, 0.1) is 13.2 Å². The van der Waals surface area contributed by atoms with E-state index < -0.39 is 6.16 Å². The number of phenolic OH excluding ortho intramolecular Hbond substituents is 1. The first-order valence-corrected chi connectivity index (χ1v) is 12.1. The third kappa shape index (κ3) is 12.4. The van der Waals surface area contributed by atoms with Crippen LogP contribution in [0, 0.1) is 0 Å². The van der Waals surface area contributed by atoms with Crippen LogP contribution in [0.4, 0.5) is 4.79 Å². The molecule has 0 radical (unpaired) electrons. The summed E-state index contributed by atoms with van der Waals surface area (Å²) in [6.07, 6.45) is 14.9. The SMILES string of the molecule is CCCCCCCCCOc1ccc(OC(=O)O)c(O)c1OCCCCCCCCC. The Kier molecular flexibility index (Phi) is 15.3. The molecule has 0 unspecified atom stereocenters. The monoisotopic (exact) mass is 438 g/mol. The Morgan fingerprint density at radius 2 is 1.16 bits per heavy atom. The van der Waals surface area contributed by atoms with Crippen molar-refractivity contribution in [1.82, 2.24) is 0 Å². The molecule has 31 heavy (non-hydrogen) atoms. The van der Waals surface area contributed by atoms with Gasteiger partial charge in [-0.3, -0.25) is 0 Å². The summed E-state index contributed by atoms with van der Waals surface area (Å²) in [6.45, 7) is 5.38. The number of carbonyl (C=O) groups is 1. The summed E-state index contributed by atoms with van der Waals surface area (Å²) in [6, 6.07) is 2.99. The van der Waals surface area contributed by atoms with Crippen LogP contribution < -0.4 is 14.2 Å². The lowest BCUT2D eigenvalue weighted by Gasteiger charge is -2.16. The van der Waals surface area contributed by atoms with Crippen LogP contribution in [0.25, 0.3) is 0 Å². The number of carboxylic acid groups (broad SMARTS) is 1. The van der Waals surface area contributed by atoms with Crippen molar-refractivity contribution in [3.05, 3.63) is 12.1 Å². The summed E-state index contributed by atoms with van der Waals surface area (Å²) < 4.78 is 16.3. The zero-order valence-electron chi connectivity index (χ0n) is 19.5. The molecule has 0 spiro atoms. The molecule has 0 aliphatic rings. The Balaban J connectivity index is 2.51. The first kappa shape index (κ1) is 26.9. The van der Waals surface area contributed by atoms with Gasteiger partial charge < -0.3 is 24.4 Å². The van der Waals surface area contributed by atoms with Crippen molar-refractivity contribution < 1.29 is 29.2 Å². The first-order valence-electron chi connectivity index (χ1n) is 12.1. The lowest BCUT2D eigenvalue weighted by molar-refractivity contribution is 0.142. The van der Waals surface area contributed by atoms with Crippen molar-refractivity contribution in [2.24, 2.45) is 0 Å². The van der Waals surface area contributed by atoms with Gasteiger partial charge in [-0.05, 0) is 25.0 Å². The summed E-state index contributed by atoms with van der Waals surface area (Å²) in [7, 11) is 0. The fourth-order valence-electron chi connectivity index (χ4n) is 3.44. The molecule has 0 aliphatic carbocycles. The largest absolute Gasteiger partial charge is 0.511 e. The number of ether oxygens (including phenoxy) is 3. The number of unbranched alkanes of at least 4 members (excludes halogenated alkanes) is 12. The molecule has 178 valence electrons. The lowest BCUT2D eigenvalue weighted by Crippen LogP contribution is -2.06. The van der Waals surface area contributed by atoms with E-state index in [1.807, 2.05) is 0 Å². The fourth-order valence-corrected chi connectivity index (χ4v) is 3.44. The highest BCUT2D eigenvalue weighted by Gasteiger charge is 2.18. The van der Waals surface area contributed by atoms with Gasteiger partial charge in [-0.1, -0.05) is 90.9 Å². The van der Waals surface area contributed by atoms with Gasteiger partial charge in [-0.15, -0.1) is 0 Å². The van der Waals surface area contributed by atoms with Crippen LogP contribution in [0.1, 0.15) is 104 Å². The molecule has 1 aromatic rings. The Morgan fingerprint density at radius 1 is 0.710 bits per heavy atom. The van der Waals surface area contributed by atoms with Gasteiger partial charge in [0.1, 0.15) is 0 Å². The molecular weight excluding hydrogens is 396 g/mol. The first-order chi connectivity index (χ1) is 15.1. The van der Waals surface area contributed by atoms with Crippen LogP contribution in [-0.4, -0.2) is 29.6 Å². The minimum absolute atomic E-state index is 0.148. The van der Waals surface area contributed by atoms with Crippen molar-refractivity contribution in [2.75, 3.05) is 13.2 Å². The third-order valence-corrected chi connectivity index (χ3v) is 5.26. The van der Waals surface area contributed by atoms with Crippen LogP contribution in [-0.2, 0) is 0 Å². The average molecular weight is 439 g/mol. The molecule has 0 saturated heterocycles. The molecule has 0 heterocycles. The summed E-state index contributed by atoms with van der Waals surface area (Å²) in [5, 5.41) is 19.3. The zero-order valence-corrected chi connectivity index (χ0v) is 19.5. The van der Waals surface area contributed by atoms with E-state index >= 15 is 0 Å². The second kappa shape index (κ2) is 17.6. The molecule has 6 heteroatoms. The van der Waals surface area contributed by atoms with Gasteiger partial charge in [0.15, 0.2) is 11.5 Å². The number of rotatable bonds is 19. The van der Waals surface area contributed by atoms with Crippen LogP contribution in [0.15, 0.2) is 12.1 Å². The molecule has 0 atom stereocenters. The summed E-state index contributed by atoms with van der Waals surface area (Å²) in [4.78, 5) is 10.9. The highest BCUT2D eigenvalue weighted by atomic mass is 16.7. The predicted molar refractivity (Wildman–Crippen MR) is 124 cm³/mol. The molecule has 0 aromatic heterocycles. The molecule has 1 aromatic carbocycles. The highest BCUT2D eigenvalue weighted by molar-refractivity contribution is 5.66. The van der Waals surface area contributed by atoms with Gasteiger partial charge in [0, 0.05) is 0 Å². The van der Waals surface area contributed by atoms with Crippen LogP contribution in [0.3, 0.4) is 0 Å². The number of aromatic hydroxyl groups is 1. The van der Waals surface area contributed by atoms with Gasteiger partial charge in [0.25, 0.3) is 0 Å². The van der Waals surface area contributed by atoms with Crippen molar-refractivity contribution in [3.63, 3.8) is 0 Å². The maximum atomic E-state index is 10.9. The van der Waals surface area contributed by atoms with Crippen molar-refractivity contribution >= 4 is 6.16 Å².